The Kier molecular flexibility index (Phi) is 41.1. The number of likely N-dealkylation sites (N-methyl/N-ethyl adjacent to an activating group) is 1. The number of allylic oxidation sites excluding steroid dienone is 12. The highest BCUT2D eigenvalue weighted by Crippen LogP contribution is 2.38. The van der Waals surface area contributed by atoms with Gasteiger partial charge in [-0.2, -0.15) is 0 Å². The molecular formula is C50H90NO7P. The SMILES string of the molecule is CC/C=C\C/C=C\C/C=C\CCCCCCCCCCOCC(COP(=O)([O-])OCC[N+](C)(C)C)OC(=O)CCCCCCCC/C=C\C/C=C\C/C=C\CCCCC. The maximum atomic E-state index is 12.7. The third-order valence-corrected chi connectivity index (χ3v) is 10.7. The Bertz CT molecular complexity index is 1170. The second kappa shape index (κ2) is 42.6. The zero-order valence-electron chi connectivity index (χ0n) is 38.7. The predicted octanol–water partition coefficient (Wildman–Crippen LogP) is 13.6. The van der Waals surface area contributed by atoms with Crippen molar-refractivity contribution in [1.82, 2.24) is 0 Å². The van der Waals surface area contributed by atoms with Crippen molar-refractivity contribution in [2.45, 2.75) is 187 Å². The lowest BCUT2D eigenvalue weighted by Gasteiger charge is -2.28. The molecule has 0 saturated carbocycles. The lowest BCUT2D eigenvalue weighted by molar-refractivity contribution is -0.870. The summed E-state index contributed by atoms with van der Waals surface area (Å²) in [4.78, 5) is 25.1. The summed E-state index contributed by atoms with van der Waals surface area (Å²) in [6.07, 6.45) is 54.8. The van der Waals surface area contributed by atoms with E-state index in [1.165, 1.54) is 77.0 Å². The number of phosphoric acid groups is 1. The van der Waals surface area contributed by atoms with Gasteiger partial charge in [-0.25, -0.2) is 0 Å². The fraction of sp³-hybridized carbons (Fsp3) is 0.740. The average molecular weight is 848 g/mol. The van der Waals surface area contributed by atoms with Crippen molar-refractivity contribution in [3.8, 4) is 0 Å². The summed E-state index contributed by atoms with van der Waals surface area (Å²) < 4.78 is 34.7. The molecule has 0 aliphatic heterocycles. The maximum Gasteiger partial charge on any atom is 0.306 e. The molecule has 342 valence electrons. The third kappa shape index (κ3) is 46.9. The van der Waals surface area contributed by atoms with E-state index in [0.29, 0.717) is 24.1 Å². The van der Waals surface area contributed by atoms with Gasteiger partial charge in [0.15, 0.2) is 0 Å². The lowest BCUT2D eigenvalue weighted by Crippen LogP contribution is -2.37. The van der Waals surface area contributed by atoms with Gasteiger partial charge in [0, 0.05) is 13.0 Å². The molecule has 0 spiro atoms. The molecule has 0 aliphatic rings. The van der Waals surface area contributed by atoms with E-state index in [-0.39, 0.29) is 25.8 Å². The van der Waals surface area contributed by atoms with Crippen LogP contribution in [-0.2, 0) is 27.9 Å². The van der Waals surface area contributed by atoms with Gasteiger partial charge in [0.05, 0.1) is 34.4 Å². The second-order valence-electron chi connectivity index (χ2n) is 16.7. The van der Waals surface area contributed by atoms with Crippen LogP contribution in [0.15, 0.2) is 72.9 Å². The van der Waals surface area contributed by atoms with E-state index in [4.69, 9.17) is 18.5 Å². The normalized spacial score (nSPS) is 14.3. The van der Waals surface area contributed by atoms with Gasteiger partial charge in [-0.3, -0.25) is 9.36 Å². The molecular weight excluding hydrogens is 758 g/mol. The van der Waals surface area contributed by atoms with Crippen molar-refractivity contribution >= 4 is 13.8 Å². The molecule has 0 aromatic heterocycles. The summed E-state index contributed by atoms with van der Waals surface area (Å²) in [7, 11) is 1.33. The van der Waals surface area contributed by atoms with Gasteiger partial charge >= 0.3 is 5.97 Å². The smallest absolute Gasteiger partial charge is 0.306 e. The van der Waals surface area contributed by atoms with Crippen LogP contribution in [0.2, 0.25) is 0 Å². The van der Waals surface area contributed by atoms with Crippen molar-refractivity contribution in [3.63, 3.8) is 0 Å². The molecule has 0 aromatic carbocycles. The van der Waals surface area contributed by atoms with Crippen LogP contribution in [0.4, 0.5) is 0 Å². The zero-order valence-corrected chi connectivity index (χ0v) is 39.6. The van der Waals surface area contributed by atoms with Crippen LogP contribution in [0.3, 0.4) is 0 Å². The van der Waals surface area contributed by atoms with Crippen LogP contribution in [0.25, 0.3) is 0 Å². The Hall–Kier alpha value is -2.06. The van der Waals surface area contributed by atoms with Crippen molar-refractivity contribution < 1.29 is 37.3 Å². The number of nitrogens with zero attached hydrogens (tertiary/aromatic N) is 1. The summed E-state index contributed by atoms with van der Waals surface area (Å²) in [5.74, 6) is -0.352. The molecule has 0 rings (SSSR count). The van der Waals surface area contributed by atoms with Crippen molar-refractivity contribution in [1.29, 1.82) is 0 Å². The van der Waals surface area contributed by atoms with E-state index in [0.717, 1.165) is 83.5 Å². The van der Waals surface area contributed by atoms with Gasteiger partial charge < -0.3 is 27.9 Å². The molecule has 2 atom stereocenters. The molecule has 0 aromatic rings. The molecule has 0 aliphatic carbocycles. The Morgan fingerprint density at radius 2 is 0.983 bits per heavy atom. The number of carbonyl (C=O) groups is 1. The number of esters is 1. The summed E-state index contributed by atoms with van der Waals surface area (Å²) in [5.41, 5.74) is 0. The standard InChI is InChI=1S/C50H90NO7P/c1-6-8-10-12-14-16-18-20-22-24-26-27-29-31-33-35-37-39-41-43-50(52)58-49(48-57-59(53,54)56-46-44-51(3,4)5)47-55-45-42-40-38-36-34-32-30-28-25-23-21-19-17-15-13-11-9-7-2/h9,11,14-17,20-23,26-27,49H,6-8,10,12-13,18-19,24-25,28-48H2,1-5H3/b11-9-,16-14-,17-15-,22-20-,23-21-,27-26-. The number of carbonyl (C=O) groups excluding carboxylic acids is 1. The first-order valence-electron chi connectivity index (χ1n) is 23.7. The van der Waals surface area contributed by atoms with E-state index in [1.54, 1.807) is 0 Å². The maximum absolute atomic E-state index is 12.7. The highest BCUT2D eigenvalue weighted by molar-refractivity contribution is 7.45. The Morgan fingerprint density at radius 3 is 1.47 bits per heavy atom. The number of ether oxygens (including phenoxy) is 2. The average Bonchev–Trinajstić information content (AvgIpc) is 3.19. The van der Waals surface area contributed by atoms with Crippen molar-refractivity contribution in [3.05, 3.63) is 72.9 Å². The van der Waals surface area contributed by atoms with Gasteiger partial charge in [-0.05, 0) is 83.5 Å². The number of phosphoric ester groups is 1. The van der Waals surface area contributed by atoms with E-state index >= 15 is 0 Å². The zero-order chi connectivity index (χ0) is 43.4. The van der Waals surface area contributed by atoms with E-state index in [1.807, 2.05) is 21.1 Å². The molecule has 2 unspecified atom stereocenters. The third-order valence-electron chi connectivity index (χ3n) is 9.74. The van der Waals surface area contributed by atoms with Gasteiger partial charge in [0.1, 0.15) is 19.3 Å². The first kappa shape index (κ1) is 56.9. The fourth-order valence-corrected chi connectivity index (χ4v) is 6.82. The second-order valence-corrected chi connectivity index (χ2v) is 18.1. The quantitative estimate of drug-likeness (QED) is 0.0198. The predicted molar refractivity (Wildman–Crippen MR) is 249 cm³/mol. The van der Waals surface area contributed by atoms with Crippen molar-refractivity contribution in [2.75, 3.05) is 54.1 Å². The highest BCUT2D eigenvalue weighted by Gasteiger charge is 2.20. The number of hydrogen-bond acceptors (Lipinski definition) is 7. The first-order valence-corrected chi connectivity index (χ1v) is 25.1. The lowest BCUT2D eigenvalue weighted by atomic mass is 10.1. The highest BCUT2D eigenvalue weighted by atomic mass is 31.2. The molecule has 0 fully saturated rings. The number of quaternary nitrogens is 1. The van der Waals surface area contributed by atoms with Crippen LogP contribution >= 0.6 is 7.82 Å². The Balaban J connectivity index is 4.25. The molecule has 8 nitrogen and oxygen atoms in total. The molecule has 0 amide bonds. The minimum Gasteiger partial charge on any atom is -0.756 e. The van der Waals surface area contributed by atoms with Gasteiger partial charge in [0.25, 0.3) is 7.82 Å². The van der Waals surface area contributed by atoms with Gasteiger partial charge in [0.2, 0.25) is 0 Å². The fourth-order valence-electron chi connectivity index (χ4n) is 6.10. The molecule has 0 saturated heterocycles. The van der Waals surface area contributed by atoms with E-state index < -0.39 is 13.9 Å². The van der Waals surface area contributed by atoms with Gasteiger partial charge in [-0.1, -0.05) is 164 Å². The number of hydrogen-bond donors (Lipinski definition) is 0. The molecule has 0 N–H and O–H groups in total. The summed E-state index contributed by atoms with van der Waals surface area (Å²) >= 11 is 0. The monoisotopic (exact) mass is 848 g/mol. The molecule has 0 heterocycles. The Labute approximate surface area is 363 Å². The van der Waals surface area contributed by atoms with Crippen LogP contribution in [-0.4, -0.2) is 70.7 Å². The van der Waals surface area contributed by atoms with Gasteiger partial charge in [-0.15, -0.1) is 0 Å². The minimum atomic E-state index is -4.54. The minimum absolute atomic E-state index is 0.0181. The first-order chi connectivity index (χ1) is 28.6. The molecule has 0 radical (unpaired) electrons. The van der Waals surface area contributed by atoms with Crippen LogP contribution < -0.4 is 4.89 Å². The topological polar surface area (TPSA) is 94.1 Å². The Morgan fingerprint density at radius 1 is 0.542 bits per heavy atom. The summed E-state index contributed by atoms with van der Waals surface area (Å²) in [5, 5.41) is 0. The largest absolute Gasteiger partial charge is 0.756 e. The van der Waals surface area contributed by atoms with Crippen molar-refractivity contribution in [2.24, 2.45) is 0 Å². The number of rotatable bonds is 43. The van der Waals surface area contributed by atoms with E-state index in [9.17, 15) is 14.3 Å². The molecule has 9 heteroatoms. The summed E-state index contributed by atoms with van der Waals surface area (Å²) in [6, 6.07) is 0. The summed E-state index contributed by atoms with van der Waals surface area (Å²) in [6.45, 7) is 5.23. The van der Waals surface area contributed by atoms with Crippen LogP contribution in [0.1, 0.15) is 181 Å². The van der Waals surface area contributed by atoms with E-state index in [2.05, 4.69) is 86.8 Å². The number of unbranched alkanes of at least 4 members (excludes halogenated alkanes) is 17. The molecule has 0 bridgehead atoms. The van der Waals surface area contributed by atoms with Crippen LogP contribution in [0, 0.1) is 0 Å². The van der Waals surface area contributed by atoms with Crippen LogP contribution in [0.5, 0.6) is 0 Å². The molecule has 59 heavy (non-hydrogen) atoms.